The molecule has 5 rings (SSSR count). The Bertz CT molecular complexity index is 2010. The van der Waals surface area contributed by atoms with E-state index in [4.69, 9.17) is 28.4 Å². The second kappa shape index (κ2) is 20.2. The van der Waals surface area contributed by atoms with Crippen molar-refractivity contribution in [1.29, 1.82) is 0 Å². The number of benzene rings is 2. The summed E-state index contributed by atoms with van der Waals surface area (Å²) in [6, 6.07) is 17.5. The first-order chi connectivity index (χ1) is 28.9. The number of cyclic esters (lactones) is 1. The highest BCUT2D eigenvalue weighted by atomic mass is 16.7. The van der Waals surface area contributed by atoms with Crippen molar-refractivity contribution in [2.45, 2.75) is 122 Å². The fourth-order valence-corrected chi connectivity index (χ4v) is 8.63. The van der Waals surface area contributed by atoms with Gasteiger partial charge in [0.1, 0.15) is 18.3 Å². The van der Waals surface area contributed by atoms with Gasteiger partial charge in [0.05, 0.1) is 29.4 Å². The molecule has 0 N–H and O–H groups in total. The highest BCUT2D eigenvalue weighted by Crippen LogP contribution is 2.39. The highest BCUT2D eigenvalue weighted by molar-refractivity contribution is 6.00. The molecule has 1 saturated heterocycles. The molecular formula is C47H61N3O11. The molecule has 11 atom stereocenters. The van der Waals surface area contributed by atoms with Crippen LogP contribution in [0.15, 0.2) is 91.0 Å². The average molecular weight is 844 g/mol. The Kier molecular flexibility index (Phi) is 15.6. The summed E-state index contributed by atoms with van der Waals surface area (Å²) in [7, 11) is 5.23. The van der Waals surface area contributed by atoms with Crippen molar-refractivity contribution in [2.75, 3.05) is 21.2 Å². The van der Waals surface area contributed by atoms with Crippen LogP contribution in [-0.2, 0) is 49.2 Å². The maximum absolute atomic E-state index is 14.7. The van der Waals surface area contributed by atoms with Gasteiger partial charge in [0.25, 0.3) is 0 Å². The van der Waals surface area contributed by atoms with Crippen LogP contribution in [0.2, 0.25) is 0 Å². The van der Waals surface area contributed by atoms with E-state index in [-0.39, 0.29) is 42.8 Å². The molecule has 0 amide bonds. The van der Waals surface area contributed by atoms with Gasteiger partial charge in [-0.1, -0.05) is 69.3 Å². The van der Waals surface area contributed by atoms with E-state index in [1.165, 1.54) is 32.8 Å². The third-order valence-electron chi connectivity index (χ3n) is 12.0. The van der Waals surface area contributed by atoms with Crippen molar-refractivity contribution in [3.8, 4) is 0 Å². The van der Waals surface area contributed by atoms with E-state index in [1.54, 1.807) is 71.0 Å². The number of imidazole rings is 1. The molecule has 1 unspecified atom stereocenters. The first-order valence-corrected chi connectivity index (χ1v) is 20.9. The number of hydrogen-bond acceptors (Lipinski definition) is 13. The summed E-state index contributed by atoms with van der Waals surface area (Å²) in [5, 5.41) is 0. The SMILES string of the molecule is CC[C@H]1OC(=O)[C@H](C)C(=O)[C@H](C)[C@@H](OC2O[C@H](C)C[C@H](N(C)C)[C@H]2OC(=O)c2ccccc2)[C@@](C)(OC)C[C@@H](C)C(=O)/C(C)=C/[C@]1(Cc1ccccc1)OC(=O)n1ccnc1. The molecule has 3 aromatic rings. The first kappa shape index (κ1) is 47.0. The quantitative estimate of drug-likeness (QED) is 0.121. The van der Waals surface area contributed by atoms with Crippen LogP contribution in [0.25, 0.3) is 0 Å². The molecule has 2 aromatic carbocycles. The van der Waals surface area contributed by atoms with Crippen LogP contribution in [-0.4, -0.2) is 113 Å². The van der Waals surface area contributed by atoms with Crippen LogP contribution in [0, 0.1) is 17.8 Å². The van der Waals surface area contributed by atoms with Crippen LogP contribution in [0.5, 0.6) is 0 Å². The number of nitrogens with zero attached hydrogens (tertiary/aromatic N) is 3. The zero-order valence-corrected chi connectivity index (χ0v) is 36.9. The van der Waals surface area contributed by atoms with Gasteiger partial charge < -0.3 is 33.3 Å². The summed E-state index contributed by atoms with van der Waals surface area (Å²) < 4.78 is 39.4. The molecule has 2 aliphatic rings. The maximum Gasteiger partial charge on any atom is 0.420 e. The standard InChI is InChI=1S/C47H61N3O11/c1-11-37-47(27-34-18-14-12-15-19-34,61-45(55)50-23-22-48-28-50)26-30(3)38(51)29(2)25-46(7,56-10)41(32(5)39(52)33(6)42(53)58-37)60-44-40(36(49(8)9)24-31(4)57-44)59-43(54)35-20-16-13-17-21-35/h12-23,26,28-29,31-33,36-37,40-41,44H,11,24-25,27H2,1-10H3/b30-26+/t29-,31-,32+,33-,36+,37-,40-,41-,44?,46+,47-/m1/s1. The lowest BCUT2D eigenvalue weighted by Crippen LogP contribution is -2.60. The number of Topliss-reactive ketones (excluding diaryl/α,β-unsaturated/α-hetero) is 2. The Morgan fingerprint density at radius 1 is 0.984 bits per heavy atom. The number of hydrogen-bond donors (Lipinski definition) is 0. The molecule has 1 aromatic heterocycles. The monoisotopic (exact) mass is 843 g/mol. The second-order valence-electron chi connectivity index (χ2n) is 16.9. The fraction of sp³-hybridized carbons (Fsp3) is 0.532. The number of ketones is 2. The van der Waals surface area contributed by atoms with Crippen molar-refractivity contribution in [3.63, 3.8) is 0 Å². The van der Waals surface area contributed by atoms with E-state index in [0.717, 1.165) is 10.1 Å². The van der Waals surface area contributed by atoms with Gasteiger partial charge in [-0.05, 0) is 90.4 Å². The van der Waals surface area contributed by atoms with Gasteiger partial charge in [-0.2, -0.15) is 0 Å². The van der Waals surface area contributed by atoms with E-state index < -0.39 is 77.4 Å². The second-order valence-corrected chi connectivity index (χ2v) is 16.9. The van der Waals surface area contributed by atoms with Gasteiger partial charge in [0, 0.05) is 37.8 Å². The number of aromatic nitrogens is 2. The zero-order valence-electron chi connectivity index (χ0n) is 36.9. The fourth-order valence-electron chi connectivity index (χ4n) is 8.63. The van der Waals surface area contributed by atoms with Crippen molar-refractivity contribution < 1.29 is 52.4 Å². The minimum atomic E-state index is -1.70. The van der Waals surface area contributed by atoms with Crippen LogP contribution in [0.3, 0.4) is 0 Å². The molecule has 0 spiro atoms. The minimum Gasteiger partial charge on any atom is -0.457 e. The van der Waals surface area contributed by atoms with E-state index in [0.29, 0.717) is 12.0 Å². The number of allylic oxidation sites excluding steroid dienone is 1. The number of ether oxygens (including phenoxy) is 6. The van der Waals surface area contributed by atoms with Crippen LogP contribution in [0.1, 0.15) is 83.7 Å². The Morgan fingerprint density at radius 2 is 1.64 bits per heavy atom. The summed E-state index contributed by atoms with van der Waals surface area (Å²) in [4.78, 5) is 76.9. The van der Waals surface area contributed by atoms with Gasteiger partial charge in [0.15, 0.2) is 29.6 Å². The van der Waals surface area contributed by atoms with Crippen molar-refractivity contribution in [2.24, 2.45) is 17.8 Å². The lowest BCUT2D eigenvalue weighted by molar-refractivity contribution is -0.294. The number of likely N-dealkylation sites (N-methyl/N-ethyl adjacent to an activating group) is 1. The van der Waals surface area contributed by atoms with E-state index in [2.05, 4.69) is 4.98 Å². The third kappa shape index (κ3) is 10.9. The molecule has 0 aliphatic carbocycles. The number of esters is 2. The molecule has 0 bridgehead atoms. The molecule has 14 nitrogen and oxygen atoms in total. The molecule has 0 saturated carbocycles. The van der Waals surface area contributed by atoms with Crippen LogP contribution in [0.4, 0.5) is 4.79 Å². The molecule has 3 heterocycles. The van der Waals surface area contributed by atoms with Crippen molar-refractivity contribution in [1.82, 2.24) is 14.5 Å². The summed E-state index contributed by atoms with van der Waals surface area (Å²) in [5.74, 6) is -5.36. The predicted molar refractivity (Wildman–Crippen MR) is 225 cm³/mol. The smallest absolute Gasteiger partial charge is 0.420 e. The largest absolute Gasteiger partial charge is 0.457 e. The number of carbonyl (C=O) groups excluding carboxylic acids is 5. The molecular weight excluding hydrogens is 783 g/mol. The Hall–Kier alpha value is -5.02. The highest BCUT2D eigenvalue weighted by Gasteiger charge is 2.52. The predicted octanol–water partition coefficient (Wildman–Crippen LogP) is 6.65. The molecule has 2 aliphatic heterocycles. The van der Waals surface area contributed by atoms with E-state index >= 15 is 0 Å². The summed E-state index contributed by atoms with van der Waals surface area (Å²) in [6.45, 7) is 11.9. The minimum absolute atomic E-state index is 0.0350. The van der Waals surface area contributed by atoms with Gasteiger partial charge in [0.2, 0.25) is 0 Å². The summed E-state index contributed by atoms with van der Waals surface area (Å²) in [5.41, 5.74) is -1.71. The first-order valence-electron chi connectivity index (χ1n) is 20.9. The summed E-state index contributed by atoms with van der Waals surface area (Å²) >= 11 is 0. The molecule has 330 valence electrons. The maximum atomic E-state index is 14.7. The number of methoxy groups -OCH3 is 1. The van der Waals surface area contributed by atoms with Gasteiger partial charge >= 0.3 is 18.0 Å². The lowest BCUT2D eigenvalue weighted by Gasteiger charge is -2.47. The van der Waals surface area contributed by atoms with Crippen LogP contribution < -0.4 is 0 Å². The third-order valence-corrected chi connectivity index (χ3v) is 12.0. The average Bonchev–Trinajstić information content (AvgIpc) is 3.80. The van der Waals surface area contributed by atoms with Crippen molar-refractivity contribution in [3.05, 3.63) is 102 Å². The number of rotatable bonds is 10. The Balaban J connectivity index is 1.60. The topological polar surface area (TPSA) is 162 Å². The molecule has 1 fully saturated rings. The lowest BCUT2D eigenvalue weighted by atomic mass is 9.76. The van der Waals surface area contributed by atoms with Gasteiger partial charge in [-0.15, -0.1) is 0 Å². The number of carbonyl (C=O) groups is 5. The van der Waals surface area contributed by atoms with E-state index in [1.807, 2.05) is 56.3 Å². The Labute approximate surface area is 358 Å². The van der Waals surface area contributed by atoms with Gasteiger partial charge in [-0.3, -0.25) is 14.4 Å². The van der Waals surface area contributed by atoms with Gasteiger partial charge in [-0.25, -0.2) is 19.1 Å². The zero-order chi connectivity index (χ0) is 44.6. The Morgan fingerprint density at radius 3 is 2.23 bits per heavy atom. The van der Waals surface area contributed by atoms with Crippen LogP contribution >= 0.6 is 0 Å². The van der Waals surface area contributed by atoms with Crippen molar-refractivity contribution >= 4 is 29.6 Å². The molecule has 61 heavy (non-hydrogen) atoms. The normalized spacial score (nSPS) is 32.6. The summed E-state index contributed by atoms with van der Waals surface area (Å²) in [6.07, 6.45) is 0.935. The van der Waals surface area contributed by atoms with E-state index in [9.17, 15) is 24.0 Å². The molecule has 14 heteroatoms. The molecule has 0 radical (unpaired) electrons.